The second kappa shape index (κ2) is 7.72. The molecule has 1 aromatic heterocycles. The second-order valence-corrected chi connectivity index (χ2v) is 10.6. The van der Waals surface area contributed by atoms with E-state index in [2.05, 4.69) is 10.5 Å². The average Bonchev–Trinajstić information content (AvgIpc) is 3.33. The fourth-order valence-electron chi connectivity index (χ4n) is 4.18. The van der Waals surface area contributed by atoms with Crippen LogP contribution in [0.2, 0.25) is 0 Å². The molecule has 1 amide bonds. The average molecular weight is 455 g/mol. The Bertz CT molecular complexity index is 1260. The molecule has 7 nitrogen and oxygen atoms in total. The lowest BCUT2D eigenvalue weighted by atomic mass is 9.97. The van der Waals surface area contributed by atoms with Crippen LogP contribution in [-0.2, 0) is 14.8 Å². The molecule has 31 heavy (non-hydrogen) atoms. The number of amidine groups is 1. The minimum Gasteiger partial charge on any atom is -0.349 e. The first kappa shape index (κ1) is 20.1. The summed E-state index contributed by atoms with van der Waals surface area (Å²) >= 11 is 1.74. The SMILES string of the molecule is CN(CC(=O)N1CCC(c2nc3ccccc3s2)CC1)C1=NS(=O)(=O)c2ccccc21. The molecule has 0 bridgehead atoms. The van der Waals surface area contributed by atoms with E-state index in [0.717, 1.165) is 23.4 Å². The monoisotopic (exact) mass is 454 g/mol. The van der Waals surface area contributed by atoms with E-state index in [9.17, 15) is 13.2 Å². The molecule has 3 heterocycles. The first-order valence-corrected chi connectivity index (χ1v) is 12.5. The maximum absolute atomic E-state index is 12.9. The molecule has 2 aromatic carbocycles. The maximum Gasteiger partial charge on any atom is 0.285 e. The van der Waals surface area contributed by atoms with Crippen LogP contribution in [0, 0.1) is 0 Å². The number of rotatable bonds is 3. The van der Waals surface area contributed by atoms with Crippen molar-refractivity contribution in [2.45, 2.75) is 23.7 Å². The van der Waals surface area contributed by atoms with Crippen molar-refractivity contribution in [1.82, 2.24) is 14.8 Å². The summed E-state index contributed by atoms with van der Waals surface area (Å²) in [5.41, 5.74) is 1.59. The summed E-state index contributed by atoms with van der Waals surface area (Å²) in [6.45, 7) is 1.44. The molecular formula is C22H22N4O3S2. The van der Waals surface area contributed by atoms with Crippen LogP contribution in [0.25, 0.3) is 10.2 Å². The van der Waals surface area contributed by atoms with E-state index in [1.165, 1.54) is 4.70 Å². The van der Waals surface area contributed by atoms with Crippen LogP contribution in [0.4, 0.5) is 0 Å². The Hall–Kier alpha value is -2.78. The third-order valence-electron chi connectivity index (χ3n) is 5.85. The van der Waals surface area contributed by atoms with E-state index in [1.807, 2.05) is 23.1 Å². The first-order valence-electron chi connectivity index (χ1n) is 10.2. The van der Waals surface area contributed by atoms with Gasteiger partial charge in [-0.25, -0.2) is 4.98 Å². The Kier molecular flexibility index (Phi) is 5.02. The molecule has 1 saturated heterocycles. The zero-order valence-corrected chi connectivity index (χ0v) is 18.7. The Morgan fingerprint density at radius 1 is 1.13 bits per heavy atom. The summed E-state index contributed by atoms with van der Waals surface area (Å²) in [6.07, 6.45) is 1.76. The van der Waals surface area contributed by atoms with Crippen molar-refractivity contribution in [3.05, 3.63) is 59.1 Å². The van der Waals surface area contributed by atoms with Gasteiger partial charge < -0.3 is 9.80 Å². The van der Waals surface area contributed by atoms with Crippen LogP contribution in [-0.4, -0.2) is 61.6 Å². The van der Waals surface area contributed by atoms with Crippen LogP contribution in [0.5, 0.6) is 0 Å². The molecule has 0 unspecified atom stereocenters. The summed E-state index contributed by atoms with van der Waals surface area (Å²) in [4.78, 5) is 21.3. The molecule has 2 aliphatic rings. The highest BCUT2D eigenvalue weighted by molar-refractivity contribution is 7.90. The fourth-order valence-corrected chi connectivity index (χ4v) is 6.57. The predicted octanol–water partition coefficient (Wildman–Crippen LogP) is 3.08. The minimum atomic E-state index is -3.69. The van der Waals surface area contributed by atoms with E-state index in [0.29, 0.717) is 30.4 Å². The van der Waals surface area contributed by atoms with Crippen molar-refractivity contribution in [2.24, 2.45) is 4.40 Å². The van der Waals surface area contributed by atoms with Gasteiger partial charge in [-0.2, -0.15) is 8.42 Å². The Morgan fingerprint density at radius 2 is 1.84 bits per heavy atom. The number of carbonyl (C=O) groups is 1. The summed E-state index contributed by atoms with van der Waals surface area (Å²) in [6, 6.07) is 14.9. The summed E-state index contributed by atoms with van der Waals surface area (Å²) < 4.78 is 29.6. The molecule has 0 N–H and O–H groups in total. The predicted molar refractivity (Wildman–Crippen MR) is 121 cm³/mol. The summed E-state index contributed by atoms with van der Waals surface area (Å²) in [7, 11) is -1.98. The molecular weight excluding hydrogens is 432 g/mol. The second-order valence-electron chi connectivity index (χ2n) is 7.92. The molecule has 3 aromatic rings. The van der Waals surface area contributed by atoms with Gasteiger partial charge in [-0.3, -0.25) is 4.79 Å². The highest BCUT2D eigenvalue weighted by atomic mass is 32.2. The van der Waals surface area contributed by atoms with Gasteiger partial charge in [0.2, 0.25) is 5.91 Å². The Labute approximate surface area is 185 Å². The number of hydrogen-bond donors (Lipinski definition) is 0. The number of sulfonamides is 1. The molecule has 0 spiro atoms. The molecule has 5 rings (SSSR count). The maximum atomic E-state index is 12.9. The van der Waals surface area contributed by atoms with Gasteiger partial charge in [-0.05, 0) is 37.1 Å². The molecule has 0 saturated carbocycles. The van der Waals surface area contributed by atoms with Crippen LogP contribution < -0.4 is 0 Å². The standard InChI is InChI=1S/C22H22N4O3S2/c1-25(21-16-6-2-5-9-19(16)31(28,29)24-21)14-20(27)26-12-10-15(11-13-26)22-23-17-7-3-4-8-18(17)30-22/h2-9,15H,10-14H2,1H3. The lowest BCUT2D eigenvalue weighted by Gasteiger charge is -2.32. The van der Waals surface area contributed by atoms with Gasteiger partial charge in [0, 0.05) is 31.6 Å². The number of aromatic nitrogens is 1. The van der Waals surface area contributed by atoms with Crippen molar-refractivity contribution >= 4 is 43.3 Å². The van der Waals surface area contributed by atoms with Gasteiger partial charge in [0.05, 0.1) is 21.8 Å². The van der Waals surface area contributed by atoms with Gasteiger partial charge in [-0.15, -0.1) is 15.7 Å². The van der Waals surface area contributed by atoms with E-state index in [-0.39, 0.29) is 17.3 Å². The van der Waals surface area contributed by atoms with Crippen molar-refractivity contribution in [1.29, 1.82) is 0 Å². The third kappa shape index (κ3) is 3.72. The normalized spacial score (nSPS) is 18.1. The molecule has 1 fully saturated rings. The number of para-hydroxylation sites is 1. The van der Waals surface area contributed by atoms with Crippen molar-refractivity contribution < 1.29 is 13.2 Å². The number of hydrogen-bond acceptors (Lipinski definition) is 6. The van der Waals surface area contributed by atoms with Gasteiger partial charge in [-0.1, -0.05) is 24.3 Å². The molecule has 2 aliphatic heterocycles. The minimum absolute atomic E-state index is 0.0188. The zero-order valence-electron chi connectivity index (χ0n) is 17.1. The van der Waals surface area contributed by atoms with Crippen LogP contribution >= 0.6 is 11.3 Å². The number of likely N-dealkylation sites (N-methyl/N-ethyl adjacent to an activating group) is 1. The number of amides is 1. The van der Waals surface area contributed by atoms with Gasteiger partial charge in [0.1, 0.15) is 4.90 Å². The van der Waals surface area contributed by atoms with E-state index in [1.54, 1.807) is 47.5 Å². The van der Waals surface area contributed by atoms with Crippen LogP contribution in [0.3, 0.4) is 0 Å². The number of carbonyl (C=O) groups excluding carboxylic acids is 1. The van der Waals surface area contributed by atoms with Crippen molar-refractivity contribution in [3.63, 3.8) is 0 Å². The molecule has 160 valence electrons. The largest absolute Gasteiger partial charge is 0.349 e. The zero-order chi connectivity index (χ0) is 21.6. The molecule has 0 radical (unpaired) electrons. The number of piperidine rings is 1. The number of benzene rings is 2. The topological polar surface area (TPSA) is 82.9 Å². The summed E-state index contributed by atoms with van der Waals surface area (Å²) in [5.74, 6) is 0.679. The third-order valence-corrected chi connectivity index (χ3v) is 8.38. The number of nitrogens with zero attached hydrogens (tertiary/aromatic N) is 4. The summed E-state index contributed by atoms with van der Waals surface area (Å²) in [5, 5.41) is 1.15. The number of likely N-dealkylation sites (tertiary alicyclic amines) is 1. The van der Waals surface area contributed by atoms with Gasteiger partial charge in [0.15, 0.2) is 5.84 Å². The Morgan fingerprint density at radius 3 is 2.61 bits per heavy atom. The lowest BCUT2D eigenvalue weighted by Crippen LogP contribution is -2.44. The van der Waals surface area contributed by atoms with E-state index < -0.39 is 10.0 Å². The number of fused-ring (bicyclic) bond motifs is 2. The number of thiazole rings is 1. The highest BCUT2D eigenvalue weighted by Crippen LogP contribution is 2.34. The van der Waals surface area contributed by atoms with Crippen LogP contribution in [0.15, 0.2) is 57.8 Å². The molecule has 0 aliphatic carbocycles. The smallest absolute Gasteiger partial charge is 0.285 e. The fraction of sp³-hybridized carbons (Fsp3) is 0.318. The molecule has 0 atom stereocenters. The van der Waals surface area contributed by atoms with Crippen molar-refractivity contribution in [2.75, 3.05) is 26.7 Å². The van der Waals surface area contributed by atoms with Crippen LogP contribution in [0.1, 0.15) is 29.3 Å². The van der Waals surface area contributed by atoms with E-state index >= 15 is 0 Å². The lowest BCUT2D eigenvalue weighted by molar-refractivity contribution is -0.132. The highest BCUT2D eigenvalue weighted by Gasteiger charge is 2.32. The molecule has 9 heteroatoms. The quantitative estimate of drug-likeness (QED) is 0.607. The Balaban J connectivity index is 1.23. The van der Waals surface area contributed by atoms with E-state index in [4.69, 9.17) is 4.98 Å². The van der Waals surface area contributed by atoms with Gasteiger partial charge >= 0.3 is 0 Å². The first-order chi connectivity index (χ1) is 14.9. The van der Waals surface area contributed by atoms with Crippen molar-refractivity contribution in [3.8, 4) is 0 Å². The van der Waals surface area contributed by atoms with Gasteiger partial charge in [0.25, 0.3) is 10.0 Å².